The highest BCUT2D eigenvalue weighted by molar-refractivity contribution is 6.76. The minimum absolute atomic E-state index is 0.0522. The minimum Gasteiger partial charge on any atom is -0.461 e. The first-order valence-corrected chi connectivity index (χ1v) is 10.8. The number of rotatable bonds is 8. The number of carbonyl (C=O) groups is 1. The second-order valence-corrected chi connectivity index (χ2v) is 11.9. The molecule has 0 amide bonds. The van der Waals surface area contributed by atoms with Crippen LogP contribution in [0.1, 0.15) is 46.5 Å². The van der Waals surface area contributed by atoms with Gasteiger partial charge in [0.15, 0.2) is 0 Å². The van der Waals surface area contributed by atoms with Crippen molar-refractivity contribution in [2.45, 2.75) is 72.1 Å². The molecule has 3 heteroatoms. The average molecular weight is 270 g/mol. The Kier molecular flexibility index (Phi) is 8.24. The predicted octanol–water partition coefficient (Wildman–Crippen LogP) is 4.78. The summed E-state index contributed by atoms with van der Waals surface area (Å²) in [5.74, 6) is -0.0522. The fourth-order valence-corrected chi connectivity index (χ4v) is 3.74. The van der Waals surface area contributed by atoms with Crippen LogP contribution in [0.4, 0.5) is 0 Å². The molecular formula is C15H30O2Si. The zero-order chi connectivity index (χ0) is 14.2. The van der Waals surface area contributed by atoms with Crippen molar-refractivity contribution in [2.24, 2.45) is 0 Å². The van der Waals surface area contributed by atoms with Gasteiger partial charge in [0, 0.05) is 14.5 Å². The summed E-state index contributed by atoms with van der Waals surface area (Å²) in [5.41, 5.74) is 2.62. The van der Waals surface area contributed by atoms with Crippen LogP contribution in [0.5, 0.6) is 0 Å². The van der Waals surface area contributed by atoms with Gasteiger partial charge in [0.2, 0.25) is 0 Å². The van der Waals surface area contributed by atoms with Gasteiger partial charge in [-0.2, -0.15) is 0 Å². The van der Waals surface area contributed by atoms with E-state index in [1.807, 2.05) is 0 Å². The Morgan fingerprint density at radius 2 is 1.67 bits per heavy atom. The predicted molar refractivity (Wildman–Crippen MR) is 81.6 cm³/mol. The first kappa shape index (κ1) is 17.4. The fraction of sp³-hybridized carbons (Fsp3) is 0.800. The highest BCUT2D eigenvalue weighted by Gasteiger charge is 2.15. The molecule has 106 valence electrons. The van der Waals surface area contributed by atoms with Crippen molar-refractivity contribution in [3.8, 4) is 0 Å². The van der Waals surface area contributed by atoms with Gasteiger partial charge in [-0.25, -0.2) is 0 Å². The maximum atomic E-state index is 11.5. The molecule has 0 atom stereocenters. The molecule has 0 saturated heterocycles. The van der Waals surface area contributed by atoms with E-state index in [1.54, 1.807) is 0 Å². The van der Waals surface area contributed by atoms with Gasteiger partial charge >= 0.3 is 5.97 Å². The first-order chi connectivity index (χ1) is 8.26. The van der Waals surface area contributed by atoms with Gasteiger partial charge in [-0.15, -0.1) is 0 Å². The Hall–Kier alpha value is -0.573. The molecule has 0 aromatic heterocycles. The van der Waals surface area contributed by atoms with Crippen LogP contribution < -0.4 is 0 Å². The van der Waals surface area contributed by atoms with Crippen molar-refractivity contribution in [3.63, 3.8) is 0 Å². The number of esters is 1. The van der Waals surface area contributed by atoms with Crippen LogP contribution >= 0.6 is 0 Å². The third-order valence-corrected chi connectivity index (χ3v) is 4.55. The van der Waals surface area contributed by atoms with Crippen molar-refractivity contribution in [1.82, 2.24) is 0 Å². The van der Waals surface area contributed by atoms with E-state index in [0.717, 1.165) is 19.3 Å². The van der Waals surface area contributed by atoms with E-state index in [2.05, 4.69) is 40.4 Å². The largest absolute Gasteiger partial charge is 0.461 e. The Bertz CT molecular complexity index is 287. The molecule has 0 bridgehead atoms. The second kappa shape index (κ2) is 8.52. The average Bonchev–Trinajstić information content (AvgIpc) is 2.23. The van der Waals surface area contributed by atoms with Gasteiger partial charge in [0.1, 0.15) is 6.61 Å². The molecule has 0 aliphatic rings. The number of allylic oxidation sites excluding steroid dienone is 1. The van der Waals surface area contributed by atoms with Crippen LogP contribution in [0.3, 0.4) is 0 Å². The molecule has 0 aliphatic carbocycles. The molecule has 0 aliphatic heterocycles. The lowest BCUT2D eigenvalue weighted by Gasteiger charge is -2.18. The van der Waals surface area contributed by atoms with Crippen LogP contribution in [-0.2, 0) is 9.53 Å². The molecule has 0 spiro atoms. The highest BCUT2D eigenvalue weighted by atomic mass is 28.3. The molecule has 0 fully saturated rings. The van der Waals surface area contributed by atoms with Crippen molar-refractivity contribution in [2.75, 3.05) is 6.61 Å². The van der Waals surface area contributed by atoms with Crippen molar-refractivity contribution >= 4 is 14.0 Å². The van der Waals surface area contributed by atoms with E-state index in [1.165, 1.54) is 17.2 Å². The molecule has 0 aromatic carbocycles. The van der Waals surface area contributed by atoms with Crippen molar-refractivity contribution < 1.29 is 9.53 Å². The van der Waals surface area contributed by atoms with Crippen molar-refractivity contribution in [1.29, 1.82) is 0 Å². The Morgan fingerprint density at radius 1 is 1.06 bits per heavy atom. The third-order valence-electron chi connectivity index (χ3n) is 2.96. The Labute approximate surface area is 114 Å². The van der Waals surface area contributed by atoms with Crippen LogP contribution in [-0.4, -0.2) is 20.7 Å². The van der Waals surface area contributed by atoms with Gasteiger partial charge in [-0.1, -0.05) is 45.0 Å². The van der Waals surface area contributed by atoms with E-state index >= 15 is 0 Å². The molecule has 0 unspecified atom stereocenters. The van der Waals surface area contributed by atoms with E-state index in [0.29, 0.717) is 13.0 Å². The van der Waals surface area contributed by atoms with Gasteiger partial charge in [-0.3, -0.25) is 4.79 Å². The van der Waals surface area contributed by atoms with Crippen LogP contribution in [0.2, 0.25) is 25.7 Å². The summed E-state index contributed by atoms with van der Waals surface area (Å²) in [6, 6.07) is 1.19. The number of carbonyl (C=O) groups excluding carboxylic acids is 1. The van der Waals surface area contributed by atoms with Crippen LogP contribution in [0.15, 0.2) is 11.1 Å². The molecule has 0 N–H and O–H groups in total. The monoisotopic (exact) mass is 270 g/mol. The van der Waals surface area contributed by atoms with E-state index < -0.39 is 8.07 Å². The van der Waals surface area contributed by atoms with Crippen LogP contribution in [0.25, 0.3) is 0 Å². The van der Waals surface area contributed by atoms with E-state index in [9.17, 15) is 4.79 Å². The Balaban J connectivity index is 4.04. The summed E-state index contributed by atoms with van der Waals surface area (Å²) >= 11 is 0. The number of unbranched alkanes of at least 4 members (excludes halogenated alkanes) is 2. The SMILES string of the molecule is CCCCCC(=O)OC/C(C)=C(/C)C[Si](C)(C)C. The molecule has 2 nitrogen and oxygen atoms in total. The minimum atomic E-state index is -1.06. The van der Waals surface area contributed by atoms with Crippen molar-refractivity contribution in [3.05, 3.63) is 11.1 Å². The van der Waals surface area contributed by atoms with Gasteiger partial charge < -0.3 is 4.74 Å². The summed E-state index contributed by atoms with van der Waals surface area (Å²) in [5, 5.41) is 0. The summed E-state index contributed by atoms with van der Waals surface area (Å²) in [6.45, 7) is 13.9. The summed E-state index contributed by atoms with van der Waals surface area (Å²) in [4.78, 5) is 11.5. The Morgan fingerprint density at radius 3 is 2.17 bits per heavy atom. The molecule has 0 saturated carbocycles. The standard InChI is InChI=1S/C15H30O2Si/c1-7-8-9-10-15(16)17-11-13(2)14(3)12-18(4,5)6/h7-12H2,1-6H3/b14-13-. The van der Waals surface area contributed by atoms with Gasteiger partial charge in [0.05, 0.1) is 0 Å². The third kappa shape index (κ3) is 9.46. The quantitative estimate of drug-likeness (QED) is 0.274. The first-order valence-electron chi connectivity index (χ1n) is 7.07. The molecule has 18 heavy (non-hydrogen) atoms. The van der Waals surface area contributed by atoms with E-state index in [-0.39, 0.29) is 5.97 Å². The zero-order valence-electron chi connectivity index (χ0n) is 13.1. The highest BCUT2D eigenvalue weighted by Crippen LogP contribution is 2.19. The topological polar surface area (TPSA) is 26.3 Å². The summed E-state index contributed by atoms with van der Waals surface area (Å²) in [7, 11) is -1.06. The number of hydrogen-bond donors (Lipinski definition) is 0. The van der Waals surface area contributed by atoms with Gasteiger partial charge in [0.25, 0.3) is 0 Å². The maximum absolute atomic E-state index is 11.5. The summed E-state index contributed by atoms with van der Waals surface area (Å²) < 4.78 is 5.30. The lowest BCUT2D eigenvalue weighted by atomic mass is 10.2. The maximum Gasteiger partial charge on any atom is 0.306 e. The zero-order valence-corrected chi connectivity index (χ0v) is 14.1. The van der Waals surface area contributed by atoms with Crippen LogP contribution in [0, 0.1) is 0 Å². The van der Waals surface area contributed by atoms with Gasteiger partial charge in [-0.05, 0) is 31.9 Å². The van der Waals surface area contributed by atoms with E-state index in [4.69, 9.17) is 4.74 Å². The number of hydrogen-bond acceptors (Lipinski definition) is 2. The second-order valence-electron chi connectivity index (χ2n) is 6.42. The lowest BCUT2D eigenvalue weighted by molar-refractivity contribution is -0.142. The molecule has 0 radical (unpaired) electrons. The molecule has 0 rings (SSSR count). The smallest absolute Gasteiger partial charge is 0.306 e. The molecule has 0 heterocycles. The molecule has 0 aromatic rings. The lowest BCUT2D eigenvalue weighted by Crippen LogP contribution is -2.20. The number of ether oxygens (including phenoxy) is 1. The fourth-order valence-electron chi connectivity index (χ4n) is 1.85. The summed E-state index contributed by atoms with van der Waals surface area (Å²) in [6.07, 6.45) is 3.76. The molecular weight excluding hydrogens is 240 g/mol. The normalized spacial score (nSPS) is 13.2.